The quantitative estimate of drug-likeness (QED) is 0.623. The van der Waals surface area contributed by atoms with Gasteiger partial charge in [-0.05, 0) is 35.9 Å². The Balaban J connectivity index is 1.88. The highest BCUT2D eigenvalue weighted by Crippen LogP contribution is 2.30. The van der Waals surface area contributed by atoms with Gasteiger partial charge in [-0.3, -0.25) is 9.78 Å². The molecule has 0 aliphatic rings. The maximum absolute atomic E-state index is 12.6. The molecular weight excluding hydrogens is 314 g/mol. The van der Waals surface area contributed by atoms with Gasteiger partial charge in [0.25, 0.3) is 5.56 Å². The summed E-state index contributed by atoms with van der Waals surface area (Å²) in [6, 6.07) is 17.0. The molecule has 0 radical (unpaired) electrons. The van der Waals surface area contributed by atoms with E-state index in [1.807, 2.05) is 54.6 Å². The number of benzene rings is 2. The van der Waals surface area contributed by atoms with Crippen LogP contribution in [0.2, 0.25) is 0 Å². The van der Waals surface area contributed by atoms with Gasteiger partial charge in [-0.1, -0.05) is 24.3 Å². The number of rotatable bonds is 3. The number of H-pyrrole nitrogens is 1. The van der Waals surface area contributed by atoms with Crippen molar-refractivity contribution in [2.45, 2.75) is 0 Å². The van der Waals surface area contributed by atoms with E-state index in [1.54, 1.807) is 19.5 Å². The molecule has 0 spiro atoms. The highest BCUT2D eigenvalue weighted by Gasteiger charge is 2.10. The van der Waals surface area contributed by atoms with Crippen LogP contribution in [0.15, 0.2) is 71.8 Å². The van der Waals surface area contributed by atoms with Gasteiger partial charge in [-0.2, -0.15) is 0 Å². The van der Waals surface area contributed by atoms with Gasteiger partial charge in [-0.15, -0.1) is 0 Å². The second-order valence-electron chi connectivity index (χ2n) is 5.59. The molecule has 122 valence electrons. The Bertz CT molecular complexity index is 1100. The predicted octanol–water partition coefficient (Wildman–Crippen LogP) is 3.66. The Hall–Kier alpha value is -3.47. The zero-order valence-electron chi connectivity index (χ0n) is 13.6. The van der Waals surface area contributed by atoms with E-state index in [0.29, 0.717) is 16.7 Å². The number of pyridine rings is 1. The number of hydrogen-bond acceptors (Lipinski definition) is 4. The van der Waals surface area contributed by atoms with Crippen LogP contribution >= 0.6 is 0 Å². The number of ether oxygens (including phenoxy) is 1. The van der Waals surface area contributed by atoms with Gasteiger partial charge in [0.1, 0.15) is 11.6 Å². The third-order valence-corrected chi connectivity index (χ3v) is 4.06. The molecule has 4 aromatic rings. The van der Waals surface area contributed by atoms with Crippen molar-refractivity contribution < 1.29 is 4.74 Å². The summed E-state index contributed by atoms with van der Waals surface area (Å²) in [5.74, 6) is 1.27. The average molecular weight is 329 g/mol. The summed E-state index contributed by atoms with van der Waals surface area (Å²) in [7, 11) is 1.63. The van der Waals surface area contributed by atoms with Gasteiger partial charge in [0.2, 0.25) is 0 Å². The first-order chi connectivity index (χ1) is 12.3. The van der Waals surface area contributed by atoms with Crippen LogP contribution in [-0.4, -0.2) is 22.1 Å². The normalized spacial score (nSPS) is 10.8. The molecule has 0 aliphatic carbocycles. The molecule has 0 bridgehead atoms. The Morgan fingerprint density at radius 2 is 1.88 bits per heavy atom. The Morgan fingerprint density at radius 3 is 2.68 bits per heavy atom. The zero-order valence-corrected chi connectivity index (χ0v) is 13.6. The van der Waals surface area contributed by atoms with Crippen molar-refractivity contribution in [1.29, 1.82) is 0 Å². The molecule has 0 unspecified atom stereocenters. The molecule has 2 aromatic heterocycles. The third-order valence-electron chi connectivity index (χ3n) is 4.06. The maximum atomic E-state index is 12.6. The van der Waals surface area contributed by atoms with Crippen molar-refractivity contribution in [3.8, 4) is 28.3 Å². The highest BCUT2D eigenvalue weighted by molar-refractivity contribution is 5.86. The second-order valence-corrected chi connectivity index (χ2v) is 5.59. The van der Waals surface area contributed by atoms with Crippen LogP contribution in [0.3, 0.4) is 0 Å². The van der Waals surface area contributed by atoms with Gasteiger partial charge in [0, 0.05) is 23.5 Å². The van der Waals surface area contributed by atoms with Gasteiger partial charge < -0.3 is 9.72 Å². The second kappa shape index (κ2) is 6.20. The lowest BCUT2D eigenvalue weighted by atomic mass is 10.0. The monoisotopic (exact) mass is 329 g/mol. The van der Waals surface area contributed by atoms with Gasteiger partial charge in [0.15, 0.2) is 0 Å². The van der Waals surface area contributed by atoms with Crippen LogP contribution in [0.25, 0.3) is 33.4 Å². The van der Waals surface area contributed by atoms with Crippen LogP contribution < -0.4 is 10.3 Å². The highest BCUT2D eigenvalue weighted by atomic mass is 16.5. The predicted molar refractivity (Wildman–Crippen MR) is 97.6 cm³/mol. The van der Waals surface area contributed by atoms with E-state index in [0.717, 1.165) is 22.4 Å². The molecule has 1 N–H and O–H groups in total. The molecule has 0 atom stereocenters. The number of nitrogens with zero attached hydrogens (tertiary/aromatic N) is 2. The van der Waals surface area contributed by atoms with Gasteiger partial charge in [0.05, 0.1) is 18.0 Å². The molecule has 2 heterocycles. The standard InChI is InChI=1S/C20H15N3O2/c1-25-18-7-3-2-6-15(18)13-8-9-17-16(11-13)20(24)23-19(22-17)14-5-4-10-21-12-14/h2-12H,1H3,(H,22,23,24). The minimum Gasteiger partial charge on any atom is -0.496 e. The smallest absolute Gasteiger partial charge is 0.259 e. The van der Waals surface area contributed by atoms with E-state index < -0.39 is 0 Å². The van der Waals surface area contributed by atoms with Crippen molar-refractivity contribution in [2.24, 2.45) is 0 Å². The summed E-state index contributed by atoms with van der Waals surface area (Å²) in [5.41, 5.74) is 3.08. The van der Waals surface area contributed by atoms with E-state index in [-0.39, 0.29) is 5.56 Å². The number of para-hydroxylation sites is 1. The Morgan fingerprint density at radius 1 is 1.00 bits per heavy atom. The lowest BCUT2D eigenvalue weighted by molar-refractivity contribution is 0.416. The van der Waals surface area contributed by atoms with E-state index in [1.165, 1.54) is 0 Å². The molecule has 2 aromatic carbocycles. The van der Waals surface area contributed by atoms with Crippen molar-refractivity contribution in [1.82, 2.24) is 15.0 Å². The van der Waals surface area contributed by atoms with Crippen LogP contribution in [0.4, 0.5) is 0 Å². The molecule has 5 heteroatoms. The summed E-state index contributed by atoms with van der Waals surface area (Å²) in [6.07, 6.45) is 3.36. The molecule has 25 heavy (non-hydrogen) atoms. The van der Waals surface area contributed by atoms with Crippen LogP contribution in [0.1, 0.15) is 0 Å². The molecule has 0 saturated heterocycles. The number of aromatic amines is 1. The van der Waals surface area contributed by atoms with Crippen LogP contribution in [0, 0.1) is 0 Å². The molecular formula is C20H15N3O2. The van der Waals surface area contributed by atoms with Crippen LogP contribution in [0.5, 0.6) is 5.75 Å². The number of aromatic nitrogens is 3. The number of methoxy groups -OCH3 is 1. The van der Waals surface area contributed by atoms with Crippen molar-refractivity contribution in [3.63, 3.8) is 0 Å². The molecule has 5 nitrogen and oxygen atoms in total. The first-order valence-corrected chi connectivity index (χ1v) is 7.84. The fourth-order valence-electron chi connectivity index (χ4n) is 2.83. The summed E-state index contributed by atoms with van der Waals surface area (Å²) in [5, 5.41) is 0.538. The first-order valence-electron chi connectivity index (χ1n) is 7.84. The summed E-state index contributed by atoms with van der Waals surface area (Å²) < 4.78 is 5.41. The SMILES string of the molecule is COc1ccccc1-c1ccc2nc(-c3cccnc3)[nH]c(=O)c2c1. The maximum Gasteiger partial charge on any atom is 0.259 e. The lowest BCUT2D eigenvalue weighted by Crippen LogP contribution is -2.09. The average Bonchev–Trinajstić information content (AvgIpc) is 2.68. The van der Waals surface area contributed by atoms with Crippen molar-refractivity contribution >= 4 is 10.9 Å². The summed E-state index contributed by atoms with van der Waals surface area (Å²) in [4.78, 5) is 24.0. The van der Waals surface area contributed by atoms with Gasteiger partial charge in [-0.25, -0.2) is 4.98 Å². The molecule has 0 saturated carbocycles. The van der Waals surface area contributed by atoms with E-state index in [4.69, 9.17) is 4.74 Å². The Kier molecular flexibility index (Phi) is 3.74. The van der Waals surface area contributed by atoms with Crippen molar-refractivity contribution in [2.75, 3.05) is 7.11 Å². The van der Waals surface area contributed by atoms with E-state index in [9.17, 15) is 4.79 Å². The minimum absolute atomic E-state index is 0.180. The molecule has 0 fully saturated rings. The topological polar surface area (TPSA) is 67.9 Å². The van der Waals surface area contributed by atoms with Crippen LogP contribution in [-0.2, 0) is 0 Å². The summed E-state index contributed by atoms with van der Waals surface area (Å²) in [6.45, 7) is 0. The first kappa shape index (κ1) is 15.1. The lowest BCUT2D eigenvalue weighted by Gasteiger charge is -2.09. The number of nitrogens with one attached hydrogen (secondary N) is 1. The molecule has 0 amide bonds. The summed E-state index contributed by atoms with van der Waals surface area (Å²) >= 11 is 0. The molecule has 4 rings (SSSR count). The number of fused-ring (bicyclic) bond motifs is 1. The Labute approximate surface area is 144 Å². The third kappa shape index (κ3) is 2.76. The largest absolute Gasteiger partial charge is 0.496 e. The zero-order chi connectivity index (χ0) is 17.2. The number of hydrogen-bond donors (Lipinski definition) is 1. The van der Waals surface area contributed by atoms with Gasteiger partial charge >= 0.3 is 0 Å². The van der Waals surface area contributed by atoms with E-state index in [2.05, 4.69) is 15.0 Å². The fourth-order valence-corrected chi connectivity index (χ4v) is 2.83. The van der Waals surface area contributed by atoms with Crippen molar-refractivity contribution in [3.05, 3.63) is 77.3 Å². The minimum atomic E-state index is -0.180. The molecule has 0 aliphatic heterocycles. The van der Waals surface area contributed by atoms with E-state index >= 15 is 0 Å². The fraction of sp³-hybridized carbons (Fsp3) is 0.0500.